The normalized spacial score (nSPS) is 15.4. The van der Waals surface area contributed by atoms with E-state index in [9.17, 15) is 12.8 Å². The third-order valence-electron chi connectivity index (χ3n) is 3.46. The van der Waals surface area contributed by atoms with Gasteiger partial charge in [-0.3, -0.25) is 4.72 Å². The summed E-state index contributed by atoms with van der Waals surface area (Å²) in [5.41, 5.74) is 0.283. The number of rotatable bonds is 4. The molecule has 3 rings (SSSR count). The molecule has 1 N–H and O–H groups in total. The Balaban J connectivity index is 1.76. The molecule has 1 aliphatic heterocycles. The second-order valence-electron chi connectivity index (χ2n) is 5.04. The number of sulfonamides is 1. The minimum Gasteiger partial charge on any atom is -0.378 e. The summed E-state index contributed by atoms with van der Waals surface area (Å²) in [5, 5.41) is 0. The summed E-state index contributed by atoms with van der Waals surface area (Å²) in [7, 11) is -3.98. The molecule has 2 heterocycles. The minimum atomic E-state index is -3.98. The number of nitrogens with one attached hydrogen (secondary N) is 1. The van der Waals surface area contributed by atoms with Crippen LogP contribution in [0.4, 0.5) is 15.9 Å². The zero-order valence-corrected chi connectivity index (χ0v) is 13.1. The van der Waals surface area contributed by atoms with Gasteiger partial charge in [0.25, 0.3) is 10.0 Å². The van der Waals surface area contributed by atoms with Crippen LogP contribution in [0.2, 0.25) is 0 Å². The predicted molar refractivity (Wildman–Crippen MR) is 84.5 cm³/mol. The highest BCUT2D eigenvalue weighted by Gasteiger charge is 2.19. The van der Waals surface area contributed by atoms with E-state index in [-0.39, 0.29) is 5.69 Å². The number of aromatic nitrogens is 1. The molecule has 8 heteroatoms. The summed E-state index contributed by atoms with van der Waals surface area (Å²) in [6.07, 6.45) is 1.42. The van der Waals surface area contributed by atoms with Crippen LogP contribution in [0.25, 0.3) is 0 Å². The second kappa shape index (κ2) is 6.51. The topological polar surface area (TPSA) is 71.5 Å². The fourth-order valence-corrected chi connectivity index (χ4v) is 3.42. The molecule has 0 aliphatic carbocycles. The molecule has 23 heavy (non-hydrogen) atoms. The van der Waals surface area contributed by atoms with E-state index < -0.39 is 20.7 Å². The van der Waals surface area contributed by atoms with Crippen molar-refractivity contribution in [3.63, 3.8) is 0 Å². The van der Waals surface area contributed by atoms with E-state index >= 15 is 0 Å². The van der Waals surface area contributed by atoms with Crippen molar-refractivity contribution in [2.45, 2.75) is 4.90 Å². The fraction of sp³-hybridized carbons (Fsp3) is 0.267. The van der Waals surface area contributed by atoms with Crippen LogP contribution >= 0.6 is 0 Å². The van der Waals surface area contributed by atoms with Crippen molar-refractivity contribution in [1.82, 2.24) is 4.98 Å². The molecule has 0 atom stereocenters. The van der Waals surface area contributed by atoms with Crippen molar-refractivity contribution in [2.75, 3.05) is 35.9 Å². The van der Waals surface area contributed by atoms with Crippen molar-refractivity contribution in [1.29, 1.82) is 0 Å². The van der Waals surface area contributed by atoms with Gasteiger partial charge in [-0.2, -0.15) is 0 Å². The molecule has 1 saturated heterocycles. The van der Waals surface area contributed by atoms with Gasteiger partial charge in [0, 0.05) is 13.1 Å². The predicted octanol–water partition coefficient (Wildman–Crippen LogP) is 1.86. The smallest absolute Gasteiger partial charge is 0.264 e. The molecule has 1 aromatic carbocycles. The highest BCUT2D eigenvalue weighted by Crippen LogP contribution is 2.20. The second-order valence-corrected chi connectivity index (χ2v) is 6.69. The van der Waals surface area contributed by atoms with Gasteiger partial charge in [0.2, 0.25) is 0 Å². The van der Waals surface area contributed by atoms with Crippen LogP contribution in [0, 0.1) is 5.82 Å². The van der Waals surface area contributed by atoms with Crippen molar-refractivity contribution < 1.29 is 17.5 Å². The van der Waals surface area contributed by atoms with E-state index in [0.717, 1.165) is 25.0 Å². The first-order valence-corrected chi connectivity index (χ1v) is 8.61. The van der Waals surface area contributed by atoms with E-state index in [0.29, 0.717) is 13.2 Å². The first-order chi connectivity index (χ1) is 11.1. The van der Waals surface area contributed by atoms with Gasteiger partial charge in [-0.05, 0) is 24.3 Å². The molecule has 1 fully saturated rings. The van der Waals surface area contributed by atoms with E-state index in [1.165, 1.54) is 24.4 Å². The molecule has 0 radical (unpaired) electrons. The molecule has 6 nitrogen and oxygen atoms in total. The van der Waals surface area contributed by atoms with Crippen LogP contribution in [-0.2, 0) is 14.8 Å². The first kappa shape index (κ1) is 15.7. The lowest BCUT2D eigenvalue weighted by atomic mass is 10.3. The average molecular weight is 337 g/mol. The number of ether oxygens (including phenoxy) is 1. The molecule has 0 unspecified atom stereocenters. The van der Waals surface area contributed by atoms with E-state index in [4.69, 9.17) is 4.74 Å². The van der Waals surface area contributed by atoms with Crippen molar-refractivity contribution in [3.05, 3.63) is 48.4 Å². The molecule has 1 aliphatic rings. The first-order valence-electron chi connectivity index (χ1n) is 7.12. The van der Waals surface area contributed by atoms with Gasteiger partial charge in [-0.1, -0.05) is 12.1 Å². The van der Waals surface area contributed by atoms with Gasteiger partial charge < -0.3 is 9.64 Å². The minimum absolute atomic E-state index is 0.283. The lowest BCUT2D eigenvalue weighted by molar-refractivity contribution is 0.122. The zero-order chi connectivity index (χ0) is 16.3. The van der Waals surface area contributed by atoms with Crippen LogP contribution in [0.1, 0.15) is 0 Å². The van der Waals surface area contributed by atoms with Crippen LogP contribution < -0.4 is 9.62 Å². The van der Waals surface area contributed by atoms with Crippen molar-refractivity contribution in [3.8, 4) is 0 Å². The zero-order valence-electron chi connectivity index (χ0n) is 12.3. The molecule has 1 aromatic heterocycles. The number of hydrogen-bond acceptors (Lipinski definition) is 5. The summed E-state index contributed by atoms with van der Waals surface area (Å²) in [5.74, 6) is -0.0416. The third kappa shape index (κ3) is 3.59. The summed E-state index contributed by atoms with van der Waals surface area (Å²) in [4.78, 5) is 5.92. The Hall–Kier alpha value is -2.19. The molecule has 2 aromatic rings. The SMILES string of the molecule is O=S(=O)(Nc1ccc(N2CCOCC2)nc1)c1ccccc1F. The summed E-state index contributed by atoms with van der Waals surface area (Å²) in [6.45, 7) is 2.77. The number of benzene rings is 1. The molecule has 0 bridgehead atoms. The molecule has 0 amide bonds. The van der Waals surface area contributed by atoms with Gasteiger partial charge in [0.15, 0.2) is 0 Å². The molecule has 122 valence electrons. The molecular formula is C15H16FN3O3S. The highest BCUT2D eigenvalue weighted by molar-refractivity contribution is 7.92. The Kier molecular flexibility index (Phi) is 4.44. The molecule has 0 saturated carbocycles. The summed E-state index contributed by atoms with van der Waals surface area (Å²) in [6, 6.07) is 8.56. The lowest BCUT2D eigenvalue weighted by Gasteiger charge is -2.27. The van der Waals surface area contributed by atoms with Crippen LogP contribution in [0.5, 0.6) is 0 Å². The quantitative estimate of drug-likeness (QED) is 0.922. The number of nitrogens with zero attached hydrogens (tertiary/aromatic N) is 2. The van der Waals surface area contributed by atoms with E-state index in [2.05, 4.69) is 14.6 Å². The molecule has 0 spiro atoms. The van der Waals surface area contributed by atoms with Gasteiger partial charge in [0.05, 0.1) is 25.1 Å². The van der Waals surface area contributed by atoms with E-state index in [1.54, 1.807) is 12.1 Å². The third-order valence-corrected chi connectivity index (χ3v) is 4.88. The monoisotopic (exact) mass is 337 g/mol. The van der Waals surface area contributed by atoms with Gasteiger partial charge >= 0.3 is 0 Å². The maximum absolute atomic E-state index is 13.6. The Morgan fingerprint density at radius 1 is 1.13 bits per heavy atom. The van der Waals surface area contributed by atoms with Gasteiger partial charge in [0.1, 0.15) is 16.5 Å². The van der Waals surface area contributed by atoms with Gasteiger partial charge in [-0.15, -0.1) is 0 Å². The molecular weight excluding hydrogens is 321 g/mol. The van der Waals surface area contributed by atoms with Crippen LogP contribution in [0.15, 0.2) is 47.5 Å². The number of hydrogen-bond donors (Lipinski definition) is 1. The maximum Gasteiger partial charge on any atom is 0.264 e. The van der Waals surface area contributed by atoms with Crippen LogP contribution in [-0.4, -0.2) is 39.7 Å². The van der Waals surface area contributed by atoms with Crippen molar-refractivity contribution >= 4 is 21.5 Å². The Labute approximate surface area is 134 Å². The number of morpholine rings is 1. The Bertz CT molecular complexity index is 775. The largest absolute Gasteiger partial charge is 0.378 e. The summed E-state index contributed by atoms with van der Waals surface area (Å²) >= 11 is 0. The fourth-order valence-electron chi connectivity index (χ4n) is 2.30. The number of pyridine rings is 1. The lowest BCUT2D eigenvalue weighted by Crippen LogP contribution is -2.36. The van der Waals surface area contributed by atoms with Crippen LogP contribution in [0.3, 0.4) is 0 Å². The van der Waals surface area contributed by atoms with Crippen molar-refractivity contribution in [2.24, 2.45) is 0 Å². The summed E-state index contributed by atoms with van der Waals surface area (Å²) < 4.78 is 45.7. The average Bonchev–Trinajstić information content (AvgIpc) is 2.56. The maximum atomic E-state index is 13.6. The highest BCUT2D eigenvalue weighted by atomic mass is 32.2. The number of halogens is 1. The van der Waals surface area contributed by atoms with Gasteiger partial charge in [-0.25, -0.2) is 17.8 Å². The standard InChI is InChI=1S/C15H16FN3O3S/c16-13-3-1-2-4-14(13)23(20,21)18-12-5-6-15(17-11-12)19-7-9-22-10-8-19/h1-6,11,18H,7-10H2. The van der Waals surface area contributed by atoms with E-state index in [1.807, 2.05) is 0 Å². The Morgan fingerprint density at radius 3 is 2.52 bits per heavy atom. The number of anilines is 2. The Morgan fingerprint density at radius 2 is 1.87 bits per heavy atom.